The summed E-state index contributed by atoms with van der Waals surface area (Å²) in [6, 6.07) is 17.3. The van der Waals surface area contributed by atoms with Crippen LogP contribution < -0.4 is 11.1 Å². The lowest BCUT2D eigenvalue weighted by Crippen LogP contribution is -2.19. The summed E-state index contributed by atoms with van der Waals surface area (Å²) in [4.78, 5) is 2.40. The number of hydrogen-bond acceptors (Lipinski definition) is 3. The first kappa shape index (κ1) is 24.3. The van der Waals surface area contributed by atoms with Gasteiger partial charge in [0.25, 0.3) is 5.92 Å². The van der Waals surface area contributed by atoms with E-state index in [1.165, 1.54) is 11.6 Å². The predicted molar refractivity (Wildman–Crippen MR) is 117 cm³/mol. The van der Waals surface area contributed by atoms with Gasteiger partial charge in [0.2, 0.25) is 0 Å². The Morgan fingerprint density at radius 2 is 1.86 bits per heavy atom. The molecule has 1 aliphatic heterocycles. The molecule has 0 spiro atoms. The molecule has 0 saturated carbocycles. The fourth-order valence-corrected chi connectivity index (χ4v) is 3.16. The summed E-state index contributed by atoms with van der Waals surface area (Å²) >= 11 is 0. The number of hydrogen-bond donors (Lipinski definition) is 3. The first-order valence-electron chi connectivity index (χ1n) is 9.59. The second-order valence-corrected chi connectivity index (χ2v) is 6.88. The van der Waals surface area contributed by atoms with Crippen molar-refractivity contribution >= 4 is 6.34 Å². The molecule has 1 saturated heterocycles. The zero-order valence-corrected chi connectivity index (χ0v) is 17.2. The molecule has 29 heavy (non-hydrogen) atoms. The zero-order chi connectivity index (χ0) is 21.7. The van der Waals surface area contributed by atoms with E-state index in [1.807, 2.05) is 19.2 Å². The van der Waals surface area contributed by atoms with Crippen LogP contribution in [-0.4, -0.2) is 31.4 Å². The third-order valence-electron chi connectivity index (χ3n) is 4.59. The van der Waals surface area contributed by atoms with Crippen LogP contribution in [0.15, 0.2) is 67.4 Å². The van der Waals surface area contributed by atoms with Crippen LogP contribution in [0.4, 0.5) is 8.78 Å². The minimum atomic E-state index is -2.77. The number of nitrogens with zero attached hydrogens (tertiary/aromatic N) is 1. The Balaban J connectivity index is 0.000000526. The highest BCUT2D eigenvalue weighted by atomic mass is 19.3. The van der Waals surface area contributed by atoms with Gasteiger partial charge in [0.1, 0.15) is 0 Å². The van der Waals surface area contributed by atoms with Crippen LogP contribution in [0.5, 0.6) is 0 Å². The second-order valence-electron chi connectivity index (χ2n) is 6.88. The minimum absolute atomic E-state index is 0.117. The van der Waals surface area contributed by atoms with Crippen molar-refractivity contribution in [2.45, 2.75) is 31.7 Å². The summed E-state index contributed by atoms with van der Waals surface area (Å²) < 4.78 is 27.0. The number of nitrogens with one attached hydrogen (secondary N) is 2. The van der Waals surface area contributed by atoms with Crippen LogP contribution in [0.2, 0.25) is 0 Å². The van der Waals surface area contributed by atoms with Crippen LogP contribution in [0.3, 0.4) is 0 Å². The van der Waals surface area contributed by atoms with Gasteiger partial charge < -0.3 is 11.1 Å². The molecule has 0 bridgehead atoms. The fourth-order valence-electron chi connectivity index (χ4n) is 3.16. The highest BCUT2D eigenvalue weighted by Crippen LogP contribution is 2.33. The van der Waals surface area contributed by atoms with E-state index in [1.54, 1.807) is 18.3 Å². The molecule has 4 N–H and O–H groups in total. The third-order valence-corrected chi connectivity index (χ3v) is 4.59. The highest BCUT2D eigenvalue weighted by molar-refractivity contribution is 5.46. The maximum atomic E-state index is 13.5. The smallest absolute Gasteiger partial charge is 0.270 e. The molecular formula is C23H32F2N4. The van der Waals surface area contributed by atoms with E-state index in [9.17, 15) is 8.78 Å². The third kappa shape index (κ3) is 8.87. The van der Waals surface area contributed by atoms with Gasteiger partial charge in [0.15, 0.2) is 0 Å². The Labute approximate surface area is 172 Å². The monoisotopic (exact) mass is 402 g/mol. The van der Waals surface area contributed by atoms with E-state index in [2.05, 4.69) is 46.8 Å². The lowest BCUT2D eigenvalue weighted by atomic mass is 9.95. The topological polar surface area (TPSA) is 65.1 Å². The van der Waals surface area contributed by atoms with Gasteiger partial charge in [-0.1, -0.05) is 55.1 Å². The molecule has 4 nitrogen and oxygen atoms in total. The van der Waals surface area contributed by atoms with Crippen molar-refractivity contribution in [3.63, 3.8) is 0 Å². The predicted octanol–water partition coefficient (Wildman–Crippen LogP) is 4.69. The Morgan fingerprint density at radius 1 is 1.24 bits per heavy atom. The Bertz CT molecular complexity index is 729. The average Bonchev–Trinajstić information content (AvgIpc) is 3.17. The summed E-state index contributed by atoms with van der Waals surface area (Å²) in [5.41, 5.74) is 6.85. The van der Waals surface area contributed by atoms with E-state index in [-0.39, 0.29) is 5.56 Å². The molecule has 1 atom stereocenters. The van der Waals surface area contributed by atoms with E-state index in [0.717, 1.165) is 44.9 Å². The Morgan fingerprint density at radius 3 is 2.41 bits per heavy atom. The van der Waals surface area contributed by atoms with Gasteiger partial charge in [-0.2, -0.15) is 0 Å². The number of halogens is 2. The molecule has 0 amide bonds. The van der Waals surface area contributed by atoms with Gasteiger partial charge >= 0.3 is 0 Å². The van der Waals surface area contributed by atoms with Crippen molar-refractivity contribution in [1.29, 1.82) is 5.41 Å². The van der Waals surface area contributed by atoms with Crippen LogP contribution >= 0.6 is 0 Å². The van der Waals surface area contributed by atoms with Gasteiger partial charge in [-0.3, -0.25) is 10.3 Å². The van der Waals surface area contributed by atoms with Gasteiger partial charge in [-0.05, 0) is 42.3 Å². The van der Waals surface area contributed by atoms with E-state index in [4.69, 9.17) is 5.41 Å². The van der Waals surface area contributed by atoms with Crippen molar-refractivity contribution in [3.8, 4) is 0 Å². The fraction of sp³-hybridized carbons (Fsp3) is 0.348. The molecule has 1 heterocycles. The lowest BCUT2D eigenvalue weighted by molar-refractivity contribution is 0.0174. The number of likely N-dealkylation sites (tertiary alicyclic amines) is 1. The molecule has 3 rings (SSSR count). The molecule has 2 aromatic rings. The molecule has 6 heteroatoms. The SMILES string of the molecule is C=CNC.CC(F)(F)c1cccc(C2CCN(Cc3ccccc3)C2)c1.N=CN. The molecular weight excluding hydrogens is 370 g/mol. The molecule has 2 aromatic carbocycles. The molecule has 158 valence electrons. The first-order valence-corrected chi connectivity index (χ1v) is 9.59. The Hall–Kier alpha value is -2.73. The first-order chi connectivity index (χ1) is 13.8. The molecule has 1 aliphatic rings. The maximum absolute atomic E-state index is 13.5. The molecule has 1 fully saturated rings. The van der Waals surface area contributed by atoms with Crippen LogP contribution in [0.1, 0.15) is 36.0 Å². The summed E-state index contributed by atoms with van der Waals surface area (Å²) in [6.07, 6.45) is 3.41. The minimum Gasteiger partial charge on any atom is -0.394 e. The normalized spacial score (nSPS) is 15.9. The molecule has 0 aromatic heterocycles. The number of nitrogens with two attached hydrogens (primary N) is 1. The average molecular weight is 403 g/mol. The zero-order valence-electron chi connectivity index (χ0n) is 17.2. The standard InChI is InChI=1S/C19H21F2N.C3H7N.CH4N2/c1-19(20,21)18-9-5-8-16(12-18)17-10-11-22(14-17)13-15-6-3-2-4-7-15;1-3-4-2;2-1-3/h2-9,12,17H,10-11,13-14H2,1H3;3-4H,1H2,2H3;1H,(H3,2,3). The van der Waals surface area contributed by atoms with E-state index < -0.39 is 5.92 Å². The summed E-state index contributed by atoms with van der Waals surface area (Å²) in [5.74, 6) is -2.41. The largest absolute Gasteiger partial charge is 0.394 e. The number of benzene rings is 2. The van der Waals surface area contributed by atoms with Crippen molar-refractivity contribution in [3.05, 3.63) is 84.1 Å². The highest BCUT2D eigenvalue weighted by Gasteiger charge is 2.28. The van der Waals surface area contributed by atoms with Gasteiger partial charge in [-0.15, -0.1) is 0 Å². The number of alkyl halides is 2. The summed E-state index contributed by atoms with van der Waals surface area (Å²) in [7, 11) is 1.81. The second kappa shape index (κ2) is 12.7. The van der Waals surface area contributed by atoms with Crippen molar-refractivity contribution in [1.82, 2.24) is 10.2 Å². The van der Waals surface area contributed by atoms with E-state index >= 15 is 0 Å². The quantitative estimate of drug-likeness (QED) is 0.502. The van der Waals surface area contributed by atoms with Crippen molar-refractivity contribution < 1.29 is 8.78 Å². The number of rotatable bonds is 5. The van der Waals surface area contributed by atoms with Crippen LogP contribution in [-0.2, 0) is 12.5 Å². The van der Waals surface area contributed by atoms with Gasteiger partial charge in [0, 0.05) is 32.6 Å². The molecule has 1 unspecified atom stereocenters. The van der Waals surface area contributed by atoms with Crippen LogP contribution in [0.25, 0.3) is 0 Å². The molecule has 0 radical (unpaired) electrons. The Kier molecular flexibility index (Phi) is 10.6. The summed E-state index contributed by atoms with van der Waals surface area (Å²) in [6.45, 7) is 7.22. The maximum Gasteiger partial charge on any atom is 0.270 e. The van der Waals surface area contributed by atoms with Crippen molar-refractivity contribution in [2.24, 2.45) is 5.73 Å². The van der Waals surface area contributed by atoms with E-state index in [0.29, 0.717) is 5.92 Å². The van der Waals surface area contributed by atoms with Crippen molar-refractivity contribution in [2.75, 3.05) is 20.1 Å². The van der Waals surface area contributed by atoms with Gasteiger partial charge in [-0.25, -0.2) is 8.78 Å². The van der Waals surface area contributed by atoms with Crippen LogP contribution in [0, 0.1) is 5.41 Å². The lowest BCUT2D eigenvalue weighted by Gasteiger charge is -2.17. The summed E-state index contributed by atoms with van der Waals surface area (Å²) in [5, 5.41) is 8.56. The van der Waals surface area contributed by atoms with Gasteiger partial charge in [0.05, 0.1) is 6.34 Å². The molecule has 0 aliphatic carbocycles.